The Bertz CT molecular complexity index is 547. The topological polar surface area (TPSA) is 32.3 Å². The minimum Gasteiger partial charge on any atom is -0.356 e. The van der Waals surface area contributed by atoms with Crippen LogP contribution in [-0.2, 0) is 11.3 Å². The second kappa shape index (κ2) is 8.88. The van der Waals surface area contributed by atoms with Gasteiger partial charge in [0.2, 0.25) is 5.91 Å². The lowest BCUT2D eigenvalue weighted by Crippen LogP contribution is -2.41. The molecule has 0 radical (unpaired) electrons. The summed E-state index contributed by atoms with van der Waals surface area (Å²) in [6, 6.07) is 4.36. The number of carbonyl (C=O) groups excluding carboxylic acids is 1. The Balaban J connectivity index is 1.33. The summed E-state index contributed by atoms with van der Waals surface area (Å²) in [7, 11) is 0. The molecule has 0 spiro atoms. The van der Waals surface area contributed by atoms with E-state index in [1.54, 1.807) is 0 Å². The predicted molar refractivity (Wildman–Crippen MR) is 110 cm³/mol. The highest BCUT2D eigenvalue weighted by Gasteiger charge is 2.32. The lowest BCUT2D eigenvalue weighted by Gasteiger charge is -2.36. The van der Waals surface area contributed by atoms with Gasteiger partial charge in [0.05, 0.1) is 0 Å². The standard InChI is InChI=1S/C22H36N2OS/c1-22(2,3)19-8-6-18(7-9-19)21(25)23-15-17-10-12-24(13-11-17)16-20-5-4-14-26-20/h4-5,14,17-19H,6-13,15-16H2,1-3H3,(H,23,25). The van der Waals surface area contributed by atoms with Crippen molar-refractivity contribution in [3.63, 3.8) is 0 Å². The van der Waals surface area contributed by atoms with Gasteiger partial charge in [0.25, 0.3) is 0 Å². The maximum absolute atomic E-state index is 12.6. The van der Waals surface area contributed by atoms with Crippen molar-refractivity contribution in [1.82, 2.24) is 10.2 Å². The normalized spacial score (nSPS) is 26.0. The Hall–Kier alpha value is -0.870. The van der Waals surface area contributed by atoms with Gasteiger partial charge in [-0.05, 0) is 80.3 Å². The van der Waals surface area contributed by atoms with Crippen LogP contribution in [0.1, 0.15) is 64.2 Å². The number of nitrogens with one attached hydrogen (secondary N) is 1. The molecule has 2 aliphatic rings. The number of nitrogens with zero attached hydrogens (tertiary/aromatic N) is 1. The first kappa shape index (κ1) is 19.9. The highest BCUT2D eigenvalue weighted by molar-refractivity contribution is 7.09. The number of hydrogen-bond donors (Lipinski definition) is 1. The Morgan fingerprint density at radius 2 is 1.85 bits per heavy atom. The number of hydrogen-bond acceptors (Lipinski definition) is 3. The van der Waals surface area contributed by atoms with Gasteiger partial charge >= 0.3 is 0 Å². The van der Waals surface area contributed by atoms with Gasteiger partial charge in [0.15, 0.2) is 0 Å². The molecule has 1 aliphatic carbocycles. The first-order valence-electron chi connectivity index (χ1n) is 10.4. The van der Waals surface area contributed by atoms with Crippen LogP contribution in [0.4, 0.5) is 0 Å². The van der Waals surface area contributed by atoms with Crippen LogP contribution in [0.25, 0.3) is 0 Å². The molecule has 0 aromatic carbocycles. The average molecular weight is 377 g/mol. The number of likely N-dealkylation sites (tertiary alicyclic amines) is 1. The van der Waals surface area contributed by atoms with E-state index in [1.807, 2.05) is 11.3 Å². The highest BCUT2D eigenvalue weighted by atomic mass is 32.1. The third-order valence-electron chi connectivity index (χ3n) is 6.55. The van der Waals surface area contributed by atoms with E-state index in [0.29, 0.717) is 17.2 Å². The molecule has 1 saturated heterocycles. The fourth-order valence-corrected chi connectivity index (χ4v) is 5.33. The lowest BCUT2D eigenvalue weighted by molar-refractivity contribution is -0.126. The van der Waals surface area contributed by atoms with Crippen molar-refractivity contribution in [3.8, 4) is 0 Å². The van der Waals surface area contributed by atoms with Crippen molar-refractivity contribution in [1.29, 1.82) is 0 Å². The summed E-state index contributed by atoms with van der Waals surface area (Å²) in [4.78, 5) is 16.6. The first-order chi connectivity index (χ1) is 12.4. The number of thiophene rings is 1. The molecule has 1 aromatic rings. The Morgan fingerprint density at radius 3 is 2.42 bits per heavy atom. The zero-order valence-corrected chi connectivity index (χ0v) is 17.6. The SMILES string of the molecule is CC(C)(C)C1CCC(C(=O)NCC2CCN(Cc3cccs3)CC2)CC1. The molecular formula is C22H36N2OS. The number of rotatable bonds is 5. The van der Waals surface area contributed by atoms with Crippen LogP contribution in [0.5, 0.6) is 0 Å². The fraction of sp³-hybridized carbons (Fsp3) is 0.773. The van der Waals surface area contributed by atoms with Gasteiger partial charge < -0.3 is 5.32 Å². The van der Waals surface area contributed by atoms with Crippen molar-refractivity contribution in [2.75, 3.05) is 19.6 Å². The number of amides is 1. The summed E-state index contributed by atoms with van der Waals surface area (Å²) in [5.74, 6) is 2.01. The van der Waals surface area contributed by atoms with Crippen LogP contribution in [0.3, 0.4) is 0 Å². The van der Waals surface area contributed by atoms with Gasteiger partial charge in [-0.2, -0.15) is 0 Å². The van der Waals surface area contributed by atoms with E-state index in [-0.39, 0.29) is 5.92 Å². The molecule has 2 fully saturated rings. The molecule has 3 nitrogen and oxygen atoms in total. The zero-order chi connectivity index (χ0) is 18.6. The fourth-order valence-electron chi connectivity index (χ4n) is 4.58. The van der Waals surface area contributed by atoms with E-state index < -0.39 is 0 Å². The van der Waals surface area contributed by atoms with Crippen molar-refractivity contribution in [2.24, 2.45) is 23.2 Å². The maximum Gasteiger partial charge on any atom is 0.223 e. The molecule has 1 N–H and O–H groups in total. The van der Waals surface area contributed by atoms with Crippen molar-refractivity contribution >= 4 is 17.2 Å². The second-order valence-electron chi connectivity index (χ2n) is 9.46. The Kier molecular flexibility index (Phi) is 6.79. The summed E-state index contributed by atoms with van der Waals surface area (Å²) >= 11 is 1.85. The molecular weight excluding hydrogens is 340 g/mol. The van der Waals surface area contributed by atoms with E-state index in [1.165, 1.54) is 30.6 Å². The van der Waals surface area contributed by atoms with Crippen LogP contribution in [-0.4, -0.2) is 30.4 Å². The monoisotopic (exact) mass is 376 g/mol. The summed E-state index contributed by atoms with van der Waals surface area (Å²) in [5, 5.41) is 5.44. The highest BCUT2D eigenvalue weighted by Crippen LogP contribution is 2.39. The van der Waals surface area contributed by atoms with Crippen LogP contribution < -0.4 is 5.32 Å². The van der Waals surface area contributed by atoms with E-state index in [4.69, 9.17) is 0 Å². The first-order valence-corrected chi connectivity index (χ1v) is 11.3. The molecule has 0 unspecified atom stereocenters. The lowest BCUT2D eigenvalue weighted by atomic mass is 9.69. The Morgan fingerprint density at radius 1 is 1.15 bits per heavy atom. The zero-order valence-electron chi connectivity index (χ0n) is 16.8. The van der Waals surface area contributed by atoms with Gasteiger partial charge in [0.1, 0.15) is 0 Å². The third kappa shape index (κ3) is 5.56. The van der Waals surface area contributed by atoms with Crippen molar-refractivity contribution in [2.45, 2.75) is 65.8 Å². The van der Waals surface area contributed by atoms with Gasteiger partial charge in [-0.1, -0.05) is 26.8 Å². The van der Waals surface area contributed by atoms with Crippen LogP contribution in [0, 0.1) is 23.2 Å². The predicted octanol–water partition coefficient (Wildman–Crippen LogP) is 4.93. The van der Waals surface area contributed by atoms with Crippen molar-refractivity contribution < 1.29 is 4.79 Å². The summed E-state index contributed by atoms with van der Waals surface area (Å²) in [6.45, 7) is 11.3. The number of carbonyl (C=O) groups is 1. The molecule has 146 valence electrons. The maximum atomic E-state index is 12.6. The van der Waals surface area contributed by atoms with E-state index in [0.717, 1.165) is 44.9 Å². The van der Waals surface area contributed by atoms with Crippen LogP contribution >= 0.6 is 11.3 Å². The second-order valence-corrected chi connectivity index (χ2v) is 10.5. The summed E-state index contributed by atoms with van der Waals surface area (Å²) in [6.07, 6.45) is 7.00. The molecule has 1 amide bonds. The molecule has 1 aliphatic heterocycles. The quantitative estimate of drug-likeness (QED) is 0.790. The third-order valence-corrected chi connectivity index (χ3v) is 7.42. The van der Waals surface area contributed by atoms with E-state index in [9.17, 15) is 4.79 Å². The summed E-state index contributed by atoms with van der Waals surface area (Å²) in [5.41, 5.74) is 0.387. The van der Waals surface area contributed by atoms with E-state index in [2.05, 4.69) is 48.5 Å². The minimum atomic E-state index is 0.257. The largest absolute Gasteiger partial charge is 0.356 e. The summed E-state index contributed by atoms with van der Waals surface area (Å²) < 4.78 is 0. The van der Waals surface area contributed by atoms with Gasteiger partial charge in [0, 0.05) is 23.9 Å². The molecule has 4 heteroatoms. The molecule has 26 heavy (non-hydrogen) atoms. The molecule has 0 bridgehead atoms. The smallest absolute Gasteiger partial charge is 0.223 e. The minimum absolute atomic E-state index is 0.257. The molecule has 0 atom stereocenters. The van der Waals surface area contributed by atoms with Crippen LogP contribution in [0.15, 0.2) is 17.5 Å². The van der Waals surface area contributed by atoms with Gasteiger partial charge in [-0.3, -0.25) is 9.69 Å². The number of piperidine rings is 1. The average Bonchev–Trinajstić information content (AvgIpc) is 3.13. The van der Waals surface area contributed by atoms with Crippen molar-refractivity contribution in [3.05, 3.63) is 22.4 Å². The van der Waals surface area contributed by atoms with Gasteiger partial charge in [-0.25, -0.2) is 0 Å². The van der Waals surface area contributed by atoms with Gasteiger partial charge in [-0.15, -0.1) is 11.3 Å². The Labute approximate surface area is 163 Å². The molecule has 1 saturated carbocycles. The molecule has 2 heterocycles. The molecule has 3 rings (SSSR count). The molecule has 1 aromatic heterocycles. The van der Waals surface area contributed by atoms with E-state index >= 15 is 0 Å². The van der Waals surface area contributed by atoms with Crippen LogP contribution in [0.2, 0.25) is 0 Å².